The van der Waals surface area contributed by atoms with E-state index < -0.39 is 23.6 Å². The van der Waals surface area contributed by atoms with E-state index in [0.29, 0.717) is 36.1 Å². The van der Waals surface area contributed by atoms with Crippen molar-refractivity contribution in [3.05, 3.63) is 89.0 Å². The van der Waals surface area contributed by atoms with Crippen LogP contribution in [0, 0.1) is 0 Å². The number of hydrogen-bond acceptors (Lipinski definition) is 7. The summed E-state index contributed by atoms with van der Waals surface area (Å²) in [7, 11) is 0. The fraction of sp³-hybridized carbons (Fsp3) is 0.364. The van der Waals surface area contributed by atoms with Gasteiger partial charge in [0.05, 0.1) is 6.04 Å². The highest BCUT2D eigenvalue weighted by Crippen LogP contribution is 2.35. The van der Waals surface area contributed by atoms with E-state index in [1.807, 2.05) is 45.0 Å². The van der Waals surface area contributed by atoms with E-state index in [1.54, 1.807) is 47.4 Å². The standard InChI is InChI=1S/C33H36N2O7/c1-33(2,3)42-32(38)35-25(11-7-21-8-16-28-29(18-21)41-20-40-28)12-15-27(35)30(36)23-9-13-26(14-10-23)39-19-22-5-4-6-24(17-22)31(34)37/h4-6,8-10,13-14,16-18,25,27H,7,11-12,15,19-20H2,1-3H3,(H2,34,37). The smallest absolute Gasteiger partial charge is 0.411 e. The van der Waals surface area contributed by atoms with Crippen molar-refractivity contribution in [1.82, 2.24) is 4.90 Å². The zero-order chi connectivity index (χ0) is 29.9. The predicted octanol–water partition coefficient (Wildman–Crippen LogP) is 5.68. The van der Waals surface area contributed by atoms with Crippen molar-refractivity contribution < 1.29 is 33.3 Å². The first-order valence-corrected chi connectivity index (χ1v) is 14.1. The van der Waals surface area contributed by atoms with Gasteiger partial charge in [0.2, 0.25) is 12.7 Å². The number of Topliss-reactive ketones (excluding diaryl/α,β-unsaturated/α-hetero) is 1. The first-order valence-electron chi connectivity index (χ1n) is 14.1. The molecular formula is C33H36N2O7. The maximum absolute atomic E-state index is 13.7. The number of fused-ring (bicyclic) bond motifs is 1. The van der Waals surface area contributed by atoms with Crippen LogP contribution in [0.5, 0.6) is 17.2 Å². The molecule has 0 aliphatic carbocycles. The summed E-state index contributed by atoms with van der Waals surface area (Å²) >= 11 is 0. The number of carbonyl (C=O) groups excluding carboxylic acids is 3. The Bertz CT molecular complexity index is 1460. The van der Waals surface area contributed by atoms with Crippen LogP contribution >= 0.6 is 0 Å². The van der Waals surface area contributed by atoms with Gasteiger partial charge >= 0.3 is 6.09 Å². The molecule has 3 aromatic carbocycles. The van der Waals surface area contributed by atoms with Gasteiger partial charge < -0.3 is 24.7 Å². The number of amides is 2. The molecule has 0 radical (unpaired) electrons. The molecule has 9 nitrogen and oxygen atoms in total. The van der Waals surface area contributed by atoms with Crippen LogP contribution in [0.15, 0.2) is 66.7 Å². The monoisotopic (exact) mass is 572 g/mol. The number of primary amides is 1. The maximum Gasteiger partial charge on any atom is 0.411 e. The quantitative estimate of drug-likeness (QED) is 0.328. The van der Waals surface area contributed by atoms with E-state index in [-0.39, 0.29) is 25.2 Å². The number of rotatable bonds is 9. The fourth-order valence-electron chi connectivity index (χ4n) is 5.33. The summed E-state index contributed by atoms with van der Waals surface area (Å²) in [5.41, 5.74) is 7.46. The lowest BCUT2D eigenvalue weighted by molar-refractivity contribution is 0.0140. The molecule has 2 aliphatic rings. The third kappa shape index (κ3) is 6.84. The molecule has 1 fully saturated rings. The highest BCUT2D eigenvalue weighted by atomic mass is 16.7. The van der Waals surface area contributed by atoms with Crippen LogP contribution in [0.4, 0.5) is 4.79 Å². The molecule has 0 aromatic heterocycles. The van der Waals surface area contributed by atoms with E-state index >= 15 is 0 Å². The molecule has 220 valence electrons. The molecule has 0 saturated carbocycles. The van der Waals surface area contributed by atoms with Gasteiger partial charge in [0.25, 0.3) is 0 Å². The molecule has 2 amide bonds. The van der Waals surface area contributed by atoms with Crippen LogP contribution < -0.4 is 19.9 Å². The van der Waals surface area contributed by atoms with Gasteiger partial charge in [-0.05, 0) is 106 Å². The minimum atomic E-state index is -0.689. The van der Waals surface area contributed by atoms with E-state index in [0.717, 1.165) is 29.0 Å². The van der Waals surface area contributed by atoms with Crippen molar-refractivity contribution in [3.63, 3.8) is 0 Å². The van der Waals surface area contributed by atoms with Crippen molar-refractivity contribution in [3.8, 4) is 17.2 Å². The Balaban J connectivity index is 1.26. The normalized spacial score (nSPS) is 17.6. The highest BCUT2D eigenvalue weighted by molar-refractivity contribution is 6.02. The van der Waals surface area contributed by atoms with Crippen LogP contribution in [-0.4, -0.2) is 47.2 Å². The van der Waals surface area contributed by atoms with Gasteiger partial charge in [-0.25, -0.2) is 4.79 Å². The largest absolute Gasteiger partial charge is 0.489 e. The van der Waals surface area contributed by atoms with Gasteiger partial charge in [-0.1, -0.05) is 18.2 Å². The minimum Gasteiger partial charge on any atom is -0.489 e. The second kappa shape index (κ2) is 12.1. The predicted molar refractivity (Wildman–Crippen MR) is 156 cm³/mol. The van der Waals surface area contributed by atoms with E-state index in [9.17, 15) is 14.4 Å². The third-order valence-corrected chi connectivity index (χ3v) is 7.37. The summed E-state index contributed by atoms with van der Waals surface area (Å²) in [6.07, 6.45) is 2.18. The number of benzene rings is 3. The molecular weight excluding hydrogens is 536 g/mol. The Kier molecular flexibility index (Phi) is 8.38. The molecule has 2 N–H and O–H groups in total. The number of hydrogen-bond donors (Lipinski definition) is 1. The Hall–Kier alpha value is -4.53. The summed E-state index contributed by atoms with van der Waals surface area (Å²) in [5, 5.41) is 0. The van der Waals surface area contributed by atoms with Crippen LogP contribution in [0.2, 0.25) is 0 Å². The Labute approximate surface area is 245 Å². The number of likely N-dealkylation sites (tertiary alicyclic amines) is 1. The van der Waals surface area contributed by atoms with Crippen LogP contribution in [0.1, 0.15) is 71.9 Å². The van der Waals surface area contributed by atoms with Crippen molar-refractivity contribution >= 4 is 17.8 Å². The van der Waals surface area contributed by atoms with E-state index in [4.69, 9.17) is 24.7 Å². The number of nitrogens with zero attached hydrogens (tertiary/aromatic N) is 1. The van der Waals surface area contributed by atoms with Gasteiger partial charge in [-0.3, -0.25) is 14.5 Å². The summed E-state index contributed by atoms with van der Waals surface area (Å²) in [6.45, 7) is 5.93. The SMILES string of the molecule is CC(C)(C)OC(=O)N1C(CCc2ccc3c(c2)OCO3)CCC1C(=O)c1ccc(OCc2cccc(C(N)=O)c2)cc1. The lowest BCUT2D eigenvalue weighted by Crippen LogP contribution is -2.47. The molecule has 5 rings (SSSR count). The first-order chi connectivity index (χ1) is 20.1. The summed E-state index contributed by atoms with van der Waals surface area (Å²) < 4.78 is 22.5. The van der Waals surface area contributed by atoms with Crippen molar-refractivity contribution in [2.24, 2.45) is 5.73 Å². The molecule has 0 bridgehead atoms. The lowest BCUT2D eigenvalue weighted by atomic mass is 10.0. The highest BCUT2D eigenvalue weighted by Gasteiger charge is 2.42. The zero-order valence-electron chi connectivity index (χ0n) is 24.1. The van der Waals surface area contributed by atoms with Gasteiger partial charge in [0.15, 0.2) is 17.3 Å². The number of ether oxygens (including phenoxy) is 4. The molecule has 2 aliphatic heterocycles. The first kappa shape index (κ1) is 29.0. The van der Waals surface area contributed by atoms with Gasteiger partial charge in [0, 0.05) is 17.2 Å². The average molecular weight is 573 g/mol. The average Bonchev–Trinajstić information content (AvgIpc) is 3.61. The van der Waals surface area contributed by atoms with Gasteiger partial charge in [-0.15, -0.1) is 0 Å². The second-order valence-corrected chi connectivity index (χ2v) is 11.6. The number of carbonyl (C=O) groups is 3. The van der Waals surface area contributed by atoms with Crippen molar-refractivity contribution in [1.29, 1.82) is 0 Å². The number of aryl methyl sites for hydroxylation is 1. The molecule has 3 aromatic rings. The van der Waals surface area contributed by atoms with Crippen LogP contribution in [0.25, 0.3) is 0 Å². The lowest BCUT2D eigenvalue weighted by Gasteiger charge is -2.32. The second-order valence-electron chi connectivity index (χ2n) is 11.6. The van der Waals surface area contributed by atoms with E-state index in [2.05, 4.69) is 0 Å². The number of nitrogens with two attached hydrogens (primary N) is 1. The molecule has 0 spiro atoms. The van der Waals surface area contributed by atoms with E-state index in [1.165, 1.54) is 0 Å². The maximum atomic E-state index is 13.7. The molecule has 42 heavy (non-hydrogen) atoms. The minimum absolute atomic E-state index is 0.132. The van der Waals surface area contributed by atoms with Crippen LogP contribution in [0.3, 0.4) is 0 Å². The van der Waals surface area contributed by atoms with Gasteiger partial charge in [-0.2, -0.15) is 0 Å². The van der Waals surface area contributed by atoms with Gasteiger partial charge in [0.1, 0.15) is 18.0 Å². The number of ketones is 1. The van der Waals surface area contributed by atoms with Crippen molar-refractivity contribution in [2.75, 3.05) is 6.79 Å². The third-order valence-electron chi connectivity index (χ3n) is 7.37. The summed E-state index contributed by atoms with van der Waals surface area (Å²) in [5.74, 6) is 1.40. The van der Waals surface area contributed by atoms with Crippen molar-refractivity contribution in [2.45, 2.75) is 70.7 Å². The van der Waals surface area contributed by atoms with Crippen LogP contribution in [-0.2, 0) is 17.8 Å². The Morgan fingerprint density at radius 2 is 1.67 bits per heavy atom. The fourth-order valence-corrected chi connectivity index (χ4v) is 5.33. The molecule has 2 unspecified atom stereocenters. The molecule has 2 heterocycles. The summed E-state index contributed by atoms with van der Waals surface area (Å²) in [4.78, 5) is 40.2. The Morgan fingerprint density at radius 1 is 0.905 bits per heavy atom. The topological polar surface area (TPSA) is 117 Å². The summed E-state index contributed by atoms with van der Waals surface area (Å²) in [6, 6.07) is 18.9. The molecule has 2 atom stereocenters. The molecule has 9 heteroatoms. The molecule has 1 saturated heterocycles. The zero-order valence-corrected chi connectivity index (χ0v) is 24.1. The Morgan fingerprint density at radius 3 is 2.40 bits per heavy atom.